The molecule has 0 aliphatic rings. The monoisotopic (exact) mass is 393 g/mol. The molecule has 0 fully saturated rings. The summed E-state index contributed by atoms with van der Waals surface area (Å²) < 4.78 is 20.0. The molecule has 28 heavy (non-hydrogen) atoms. The van der Waals surface area contributed by atoms with Gasteiger partial charge < -0.3 is 9.84 Å². The van der Waals surface area contributed by atoms with E-state index < -0.39 is 5.60 Å². The molecule has 1 N–H and O–H groups in total. The topological polar surface area (TPSA) is 42.4 Å². The number of fused-ring (bicyclic) bond motifs is 1. The molecule has 5 heteroatoms. The van der Waals surface area contributed by atoms with Gasteiger partial charge in [-0.3, -0.25) is 0 Å². The van der Waals surface area contributed by atoms with Gasteiger partial charge in [0.15, 0.2) is 0 Å². The van der Waals surface area contributed by atoms with Crippen molar-refractivity contribution in [2.45, 2.75) is 25.4 Å². The van der Waals surface area contributed by atoms with Crippen LogP contribution in [0.1, 0.15) is 24.5 Å². The number of hydrogen-bond acceptors (Lipinski definition) is 4. The van der Waals surface area contributed by atoms with Crippen LogP contribution in [0.4, 0.5) is 4.39 Å². The molecule has 0 aliphatic heterocycles. The first-order chi connectivity index (χ1) is 13.5. The number of halogens is 1. The van der Waals surface area contributed by atoms with E-state index in [1.54, 1.807) is 19.1 Å². The maximum Gasteiger partial charge on any atom is 0.279 e. The number of rotatable bonds is 6. The highest BCUT2D eigenvalue weighted by molar-refractivity contribution is 7.20. The van der Waals surface area contributed by atoms with Gasteiger partial charge in [0.25, 0.3) is 5.19 Å². The number of nitrogens with zero attached hydrogens (tertiary/aromatic N) is 1. The van der Waals surface area contributed by atoms with E-state index in [0.717, 1.165) is 21.5 Å². The number of aryl methyl sites for hydroxylation is 1. The fourth-order valence-corrected chi connectivity index (χ4v) is 3.90. The fraction of sp³-hybridized carbons (Fsp3) is 0.174. The van der Waals surface area contributed by atoms with Crippen molar-refractivity contribution in [3.8, 4) is 10.9 Å². The van der Waals surface area contributed by atoms with Crippen molar-refractivity contribution in [1.29, 1.82) is 0 Å². The van der Waals surface area contributed by atoms with Gasteiger partial charge in [0, 0.05) is 0 Å². The summed E-state index contributed by atoms with van der Waals surface area (Å²) in [5.74, 6) is 0.427. The Hall–Kier alpha value is -2.76. The maximum absolute atomic E-state index is 13.1. The number of para-hydroxylation sites is 1. The lowest BCUT2D eigenvalue weighted by molar-refractivity contribution is 0.0480. The van der Waals surface area contributed by atoms with Crippen LogP contribution in [0.2, 0.25) is 0 Å². The first-order valence-corrected chi connectivity index (χ1v) is 9.92. The lowest BCUT2D eigenvalue weighted by Crippen LogP contribution is -2.21. The Morgan fingerprint density at radius 3 is 2.43 bits per heavy atom. The molecule has 0 amide bonds. The normalized spacial score (nSPS) is 13.4. The van der Waals surface area contributed by atoms with E-state index in [2.05, 4.69) is 4.98 Å². The molecule has 3 aromatic carbocycles. The predicted molar refractivity (Wildman–Crippen MR) is 110 cm³/mol. The first kappa shape index (κ1) is 18.6. The smallest absolute Gasteiger partial charge is 0.279 e. The lowest BCUT2D eigenvalue weighted by Gasteiger charge is -2.24. The first-order valence-electron chi connectivity index (χ1n) is 9.10. The molecule has 0 saturated carbocycles. The molecule has 0 bridgehead atoms. The lowest BCUT2D eigenvalue weighted by atomic mass is 9.89. The Labute approximate surface area is 167 Å². The van der Waals surface area contributed by atoms with Gasteiger partial charge in [-0.25, -0.2) is 9.37 Å². The third kappa shape index (κ3) is 4.21. The summed E-state index contributed by atoms with van der Waals surface area (Å²) in [7, 11) is 0. The predicted octanol–water partition coefficient (Wildman–Crippen LogP) is 6.07. The van der Waals surface area contributed by atoms with Crippen LogP contribution >= 0.6 is 11.3 Å². The molecule has 4 aromatic rings. The number of aromatic nitrogens is 1. The molecule has 0 aliphatic carbocycles. The summed E-state index contributed by atoms with van der Waals surface area (Å²) in [5.41, 5.74) is 1.73. The molecular formula is C23H20FNO2S. The van der Waals surface area contributed by atoms with Gasteiger partial charge in [-0.15, -0.1) is 0 Å². The highest BCUT2D eigenvalue weighted by Crippen LogP contribution is 2.31. The van der Waals surface area contributed by atoms with Crippen LogP contribution in [0.5, 0.6) is 10.9 Å². The van der Waals surface area contributed by atoms with Crippen molar-refractivity contribution in [3.63, 3.8) is 0 Å². The summed E-state index contributed by atoms with van der Waals surface area (Å²) in [5, 5.41) is 11.3. The molecule has 3 nitrogen and oxygen atoms in total. The van der Waals surface area contributed by atoms with Gasteiger partial charge in [0.1, 0.15) is 11.6 Å². The Balaban J connectivity index is 1.39. The van der Waals surface area contributed by atoms with Crippen LogP contribution in [0.15, 0.2) is 72.8 Å². The van der Waals surface area contributed by atoms with E-state index in [1.165, 1.54) is 23.5 Å². The summed E-state index contributed by atoms with van der Waals surface area (Å²) in [6, 6.07) is 21.7. The SMILES string of the molecule is CC(O)(CCc1ccc(Oc2nc3ccccc3s2)cc1)c1ccc(F)cc1. The molecule has 0 spiro atoms. The van der Waals surface area contributed by atoms with Crippen LogP contribution < -0.4 is 4.74 Å². The average molecular weight is 393 g/mol. The van der Waals surface area contributed by atoms with E-state index in [4.69, 9.17) is 4.74 Å². The minimum Gasteiger partial charge on any atom is -0.431 e. The Kier molecular flexibility index (Phi) is 5.11. The van der Waals surface area contributed by atoms with Crippen LogP contribution in [0, 0.1) is 5.82 Å². The zero-order valence-electron chi connectivity index (χ0n) is 15.4. The second-order valence-electron chi connectivity index (χ2n) is 6.97. The van der Waals surface area contributed by atoms with E-state index in [1.807, 2.05) is 48.5 Å². The zero-order valence-corrected chi connectivity index (χ0v) is 16.2. The molecule has 0 radical (unpaired) electrons. The van der Waals surface area contributed by atoms with Crippen molar-refractivity contribution in [2.75, 3.05) is 0 Å². The summed E-state index contributed by atoms with van der Waals surface area (Å²) >= 11 is 1.52. The van der Waals surface area contributed by atoms with Crippen molar-refractivity contribution in [1.82, 2.24) is 4.98 Å². The summed E-state index contributed by atoms with van der Waals surface area (Å²) in [4.78, 5) is 4.48. The highest BCUT2D eigenvalue weighted by Gasteiger charge is 2.22. The number of aliphatic hydroxyl groups is 1. The third-order valence-corrected chi connectivity index (χ3v) is 5.68. The van der Waals surface area contributed by atoms with Gasteiger partial charge >= 0.3 is 0 Å². The number of thiazole rings is 1. The fourth-order valence-electron chi connectivity index (χ4n) is 3.06. The zero-order chi connectivity index (χ0) is 19.6. The number of hydrogen-bond donors (Lipinski definition) is 1. The van der Waals surface area contributed by atoms with Crippen LogP contribution in [-0.2, 0) is 12.0 Å². The summed E-state index contributed by atoms with van der Waals surface area (Å²) in [6.45, 7) is 1.75. The Morgan fingerprint density at radius 1 is 1.00 bits per heavy atom. The molecule has 1 atom stereocenters. The van der Waals surface area contributed by atoms with Crippen molar-refractivity contribution in [2.24, 2.45) is 0 Å². The van der Waals surface area contributed by atoms with Gasteiger partial charge in [-0.2, -0.15) is 0 Å². The minimum atomic E-state index is -1.01. The second-order valence-corrected chi connectivity index (χ2v) is 7.97. The Bertz CT molecular complexity index is 1040. The molecule has 4 rings (SSSR count). The minimum absolute atomic E-state index is 0.303. The highest BCUT2D eigenvalue weighted by atomic mass is 32.1. The van der Waals surface area contributed by atoms with Crippen LogP contribution in [0.25, 0.3) is 10.2 Å². The molecule has 0 saturated heterocycles. The number of ether oxygens (including phenoxy) is 1. The van der Waals surface area contributed by atoms with Gasteiger partial charge in [-0.05, 0) is 67.3 Å². The number of benzene rings is 3. The quantitative estimate of drug-likeness (QED) is 0.432. The van der Waals surface area contributed by atoms with Gasteiger partial charge in [-0.1, -0.05) is 47.7 Å². The Morgan fingerprint density at radius 2 is 1.71 bits per heavy atom. The average Bonchev–Trinajstić information content (AvgIpc) is 3.10. The second kappa shape index (κ2) is 7.70. The van der Waals surface area contributed by atoms with E-state index in [-0.39, 0.29) is 5.82 Å². The van der Waals surface area contributed by atoms with Gasteiger partial charge in [0.05, 0.1) is 15.8 Å². The molecule has 1 aromatic heterocycles. The maximum atomic E-state index is 13.1. The van der Waals surface area contributed by atoms with Crippen LogP contribution in [0.3, 0.4) is 0 Å². The molecule has 142 valence electrons. The molecule has 1 unspecified atom stereocenters. The summed E-state index contributed by atoms with van der Waals surface area (Å²) in [6.07, 6.45) is 1.24. The van der Waals surface area contributed by atoms with E-state index >= 15 is 0 Å². The standard InChI is InChI=1S/C23H20FNO2S/c1-23(26,17-8-10-18(24)11-9-17)15-14-16-6-12-19(13-7-16)27-22-25-20-4-2-3-5-21(20)28-22/h2-13,26H,14-15H2,1H3. The van der Waals surface area contributed by atoms with Gasteiger partial charge in [0.2, 0.25) is 0 Å². The molecular weight excluding hydrogens is 373 g/mol. The van der Waals surface area contributed by atoms with E-state index in [9.17, 15) is 9.50 Å². The van der Waals surface area contributed by atoms with Crippen molar-refractivity contribution < 1.29 is 14.2 Å². The largest absolute Gasteiger partial charge is 0.431 e. The van der Waals surface area contributed by atoms with Crippen molar-refractivity contribution in [3.05, 3.63) is 89.7 Å². The van der Waals surface area contributed by atoms with Crippen molar-refractivity contribution >= 4 is 21.6 Å². The van der Waals surface area contributed by atoms with E-state index in [0.29, 0.717) is 23.6 Å². The van der Waals surface area contributed by atoms with Crippen LogP contribution in [-0.4, -0.2) is 10.1 Å². The molecule has 1 heterocycles. The third-order valence-electron chi connectivity index (χ3n) is 4.77.